The normalized spacial score (nSPS) is 11.3. The summed E-state index contributed by atoms with van der Waals surface area (Å²) in [5.41, 5.74) is 2.56. The molecule has 3 heterocycles. The van der Waals surface area contributed by atoms with Crippen LogP contribution in [0.2, 0.25) is 5.15 Å². The van der Waals surface area contributed by atoms with Gasteiger partial charge < -0.3 is 9.88 Å². The zero-order valence-electron chi connectivity index (χ0n) is 14.2. The number of carbonyl (C=O) groups is 1. The van der Waals surface area contributed by atoms with E-state index in [9.17, 15) is 4.79 Å². The summed E-state index contributed by atoms with van der Waals surface area (Å²) in [5, 5.41) is 16.8. The predicted molar refractivity (Wildman–Crippen MR) is 100 cm³/mol. The van der Waals surface area contributed by atoms with Crippen LogP contribution >= 0.6 is 11.6 Å². The highest BCUT2D eigenvalue weighted by Gasteiger charge is 2.10. The van der Waals surface area contributed by atoms with Gasteiger partial charge in [0.05, 0.1) is 5.69 Å². The maximum absolute atomic E-state index is 12.3. The average molecular weight is 369 g/mol. The first kappa shape index (κ1) is 16.5. The van der Waals surface area contributed by atoms with Gasteiger partial charge in [-0.15, -0.1) is 10.2 Å². The molecule has 4 rings (SSSR count). The van der Waals surface area contributed by atoms with Crippen molar-refractivity contribution in [1.82, 2.24) is 24.4 Å². The number of aryl methyl sites for hydroxylation is 2. The van der Waals surface area contributed by atoms with Gasteiger partial charge in [-0.25, -0.2) is 0 Å². The van der Waals surface area contributed by atoms with Gasteiger partial charge in [0.1, 0.15) is 5.15 Å². The Balaban J connectivity index is 1.40. The molecule has 0 fully saturated rings. The molecule has 0 aliphatic rings. The molecule has 1 amide bonds. The van der Waals surface area contributed by atoms with Gasteiger partial charge in [0.25, 0.3) is 0 Å². The average Bonchev–Trinajstić information content (AvgIpc) is 3.20. The summed E-state index contributed by atoms with van der Waals surface area (Å²) in [6.07, 6.45) is 3.61. The molecule has 0 aliphatic carbocycles. The van der Waals surface area contributed by atoms with E-state index in [2.05, 4.69) is 20.6 Å². The highest BCUT2D eigenvalue weighted by atomic mass is 35.5. The van der Waals surface area contributed by atoms with E-state index in [4.69, 9.17) is 11.6 Å². The molecule has 0 spiro atoms. The van der Waals surface area contributed by atoms with Gasteiger partial charge in [0, 0.05) is 37.0 Å². The molecule has 0 saturated heterocycles. The largest absolute Gasteiger partial charge is 0.350 e. The summed E-state index contributed by atoms with van der Waals surface area (Å²) in [6.45, 7) is 0. The van der Waals surface area contributed by atoms with E-state index in [-0.39, 0.29) is 5.91 Å². The molecule has 4 aromatic rings. The lowest BCUT2D eigenvalue weighted by Crippen LogP contribution is -2.12. The van der Waals surface area contributed by atoms with Gasteiger partial charge in [-0.2, -0.15) is 9.61 Å². The lowest BCUT2D eigenvalue weighted by Gasteiger charge is -2.07. The third kappa shape index (κ3) is 3.13. The van der Waals surface area contributed by atoms with Crippen molar-refractivity contribution in [2.24, 2.45) is 7.05 Å². The Morgan fingerprint density at radius 2 is 2.08 bits per heavy atom. The minimum atomic E-state index is -0.0267. The van der Waals surface area contributed by atoms with Crippen molar-refractivity contribution in [1.29, 1.82) is 0 Å². The van der Waals surface area contributed by atoms with Gasteiger partial charge in [0.2, 0.25) is 5.91 Å². The van der Waals surface area contributed by atoms with Gasteiger partial charge in [-0.05, 0) is 36.8 Å². The number of hydrogen-bond acceptors (Lipinski definition) is 4. The van der Waals surface area contributed by atoms with Crippen molar-refractivity contribution < 1.29 is 4.79 Å². The Kier molecular flexibility index (Phi) is 4.30. The van der Waals surface area contributed by atoms with E-state index in [1.165, 1.54) is 0 Å². The number of hydrogen-bond donors (Lipinski definition) is 1. The first-order chi connectivity index (χ1) is 12.6. The van der Waals surface area contributed by atoms with Crippen molar-refractivity contribution in [2.75, 3.05) is 5.32 Å². The van der Waals surface area contributed by atoms with Crippen molar-refractivity contribution in [3.05, 3.63) is 53.6 Å². The zero-order valence-corrected chi connectivity index (χ0v) is 14.9. The Morgan fingerprint density at radius 3 is 2.96 bits per heavy atom. The van der Waals surface area contributed by atoms with Crippen LogP contribution in [0.4, 0.5) is 5.69 Å². The fraction of sp³-hybridized carbons (Fsp3) is 0.222. The molecule has 8 heteroatoms. The fourth-order valence-electron chi connectivity index (χ4n) is 3.00. The molecule has 7 nitrogen and oxygen atoms in total. The third-order valence-electron chi connectivity index (χ3n) is 4.30. The number of nitrogens with one attached hydrogen (secondary N) is 1. The number of nitrogens with zero attached hydrogens (tertiary/aromatic N) is 5. The summed E-state index contributed by atoms with van der Waals surface area (Å²) in [7, 11) is 1.98. The van der Waals surface area contributed by atoms with Crippen LogP contribution in [0.5, 0.6) is 0 Å². The maximum Gasteiger partial charge on any atom is 0.224 e. The van der Waals surface area contributed by atoms with E-state index < -0.39 is 0 Å². The Labute approximate surface area is 154 Å². The van der Waals surface area contributed by atoms with Crippen molar-refractivity contribution in [3.63, 3.8) is 0 Å². The smallest absolute Gasteiger partial charge is 0.224 e. The van der Waals surface area contributed by atoms with Crippen LogP contribution in [-0.2, 0) is 18.3 Å². The van der Waals surface area contributed by atoms with Crippen LogP contribution < -0.4 is 5.32 Å². The number of anilines is 1. The maximum atomic E-state index is 12.3. The highest BCUT2D eigenvalue weighted by molar-refractivity contribution is 6.29. The monoisotopic (exact) mass is 368 g/mol. The van der Waals surface area contributed by atoms with Crippen LogP contribution in [-0.4, -0.2) is 30.3 Å². The minimum Gasteiger partial charge on any atom is -0.350 e. The predicted octanol–water partition coefficient (Wildman–Crippen LogP) is 3.23. The van der Waals surface area contributed by atoms with E-state index in [0.717, 1.165) is 16.6 Å². The second kappa shape index (κ2) is 6.76. The zero-order chi connectivity index (χ0) is 18.1. The first-order valence-corrected chi connectivity index (χ1v) is 8.70. The summed E-state index contributed by atoms with van der Waals surface area (Å²) in [5.74, 6) is 0.668. The molecular weight excluding hydrogens is 352 g/mol. The fourth-order valence-corrected chi connectivity index (χ4v) is 3.14. The molecule has 132 valence electrons. The van der Waals surface area contributed by atoms with Gasteiger partial charge in [-0.3, -0.25) is 4.79 Å². The number of halogens is 1. The molecule has 0 bridgehead atoms. The summed E-state index contributed by atoms with van der Waals surface area (Å²) >= 11 is 5.92. The van der Waals surface area contributed by atoms with Crippen LogP contribution in [0.25, 0.3) is 16.6 Å². The summed E-state index contributed by atoms with van der Waals surface area (Å²) in [4.78, 5) is 12.3. The van der Waals surface area contributed by atoms with Gasteiger partial charge in [-0.1, -0.05) is 17.7 Å². The van der Waals surface area contributed by atoms with Gasteiger partial charge in [0.15, 0.2) is 11.5 Å². The molecule has 1 aromatic carbocycles. The van der Waals surface area contributed by atoms with E-state index in [0.29, 0.717) is 35.9 Å². The van der Waals surface area contributed by atoms with Crippen LogP contribution in [0.1, 0.15) is 18.7 Å². The number of rotatable bonds is 5. The number of amides is 1. The van der Waals surface area contributed by atoms with Crippen LogP contribution in [0.3, 0.4) is 0 Å². The number of carbonyl (C=O) groups excluding carboxylic acids is 1. The lowest BCUT2D eigenvalue weighted by molar-refractivity contribution is -0.116. The summed E-state index contributed by atoms with van der Waals surface area (Å²) < 4.78 is 3.64. The second-order valence-electron chi connectivity index (χ2n) is 6.11. The van der Waals surface area contributed by atoms with Crippen molar-refractivity contribution in [2.45, 2.75) is 19.3 Å². The Hall–Kier alpha value is -2.93. The first-order valence-electron chi connectivity index (χ1n) is 8.32. The molecule has 0 atom stereocenters. The topological polar surface area (TPSA) is 77.1 Å². The van der Waals surface area contributed by atoms with E-state index in [1.807, 2.05) is 42.1 Å². The Morgan fingerprint density at radius 1 is 1.19 bits per heavy atom. The van der Waals surface area contributed by atoms with Gasteiger partial charge >= 0.3 is 0 Å². The molecule has 3 aromatic heterocycles. The Bertz CT molecular complexity index is 1100. The molecular formula is C18H17ClN6O. The number of aromatic nitrogens is 5. The SMILES string of the molecule is Cn1ccc2c(NC(=O)CCCc3nnc4ccc(Cl)nn34)cccc21. The standard InChI is InChI=1S/C18H17ClN6O/c1-24-11-10-12-13(4-2-5-14(12)24)20-18(26)7-3-6-16-21-22-17-9-8-15(19)23-25(16)17/h2,4-5,8-11H,3,6-7H2,1H3,(H,20,26). The highest BCUT2D eigenvalue weighted by Crippen LogP contribution is 2.24. The molecule has 0 radical (unpaired) electrons. The van der Waals surface area contributed by atoms with Crippen molar-refractivity contribution in [3.8, 4) is 0 Å². The molecule has 0 saturated carbocycles. The van der Waals surface area contributed by atoms with Crippen LogP contribution in [0.15, 0.2) is 42.6 Å². The molecule has 26 heavy (non-hydrogen) atoms. The third-order valence-corrected chi connectivity index (χ3v) is 4.50. The number of benzene rings is 1. The summed E-state index contributed by atoms with van der Waals surface area (Å²) in [6, 6.07) is 11.3. The lowest BCUT2D eigenvalue weighted by atomic mass is 10.2. The second-order valence-corrected chi connectivity index (χ2v) is 6.50. The molecule has 1 N–H and O–H groups in total. The van der Waals surface area contributed by atoms with E-state index >= 15 is 0 Å². The molecule has 0 unspecified atom stereocenters. The van der Waals surface area contributed by atoms with Crippen LogP contribution in [0, 0.1) is 0 Å². The quantitative estimate of drug-likeness (QED) is 0.586. The minimum absolute atomic E-state index is 0.0267. The van der Waals surface area contributed by atoms with E-state index in [1.54, 1.807) is 16.6 Å². The van der Waals surface area contributed by atoms with Crippen molar-refractivity contribution >= 4 is 39.7 Å². The number of fused-ring (bicyclic) bond motifs is 2. The molecule has 0 aliphatic heterocycles.